The maximum atomic E-state index is 13.7. The number of hydrogen-bond acceptors (Lipinski definition) is 4. The molecule has 0 aliphatic carbocycles. The monoisotopic (exact) mass is 344 g/mol. The molecule has 128 valence electrons. The Morgan fingerprint density at radius 3 is 2.57 bits per heavy atom. The fourth-order valence-corrected chi connectivity index (χ4v) is 4.12. The molecule has 1 aromatic rings. The van der Waals surface area contributed by atoms with Crippen LogP contribution in [0.25, 0.3) is 0 Å². The first-order valence-electron chi connectivity index (χ1n) is 7.60. The summed E-state index contributed by atoms with van der Waals surface area (Å²) in [6, 6.07) is 5.29. The number of halogens is 1. The van der Waals surface area contributed by atoms with E-state index in [9.17, 15) is 17.6 Å². The lowest BCUT2D eigenvalue weighted by Crippen LogP contribution is -2.43. The summed E-state index contributed by atoms with van der Waals surface area (Å²) in [5.41, 5.74) is 0. The fourth-order valence-electron chi connectivity index (χ4n) is 2.59. The zero-order chi connectivity index (χ0) is 16.9. The van der Waals surface area contributed by atoms with Crippen molar-refractivity contribution < 1.29 is 22.7 Å². The predicted molar refractivity (Wildman–Crippen MR) is 82.6 cm³/mol. The average Bonchev–Trinajstić information content (AvgIpc) is 2.55. The number of carbonyl (C=O) groups excluding carboxylic acids is 1. The standard InChI is InChI=1S/C15H21FN2O4S/c16-13-4-1-2-5-14(13)23(21,22)18-9-6-12(7-10-18)15(20)17-8-3-11-19/h1-2,4-5,12,19H,3,6-11H2,(H,17,20). The number of rotatable bonds is 6. The number of piperidine rings is 1. The zero-order valence-corrected chi connectivity index (χ0v) is 13.6. The molecule has 1 aromatic carbocycles. The van der Waals surface area contributed by atoms with Gasteiger partial charge in [0.1, 0.15) is 10.7 Å². The van der Waals surface area contributed by atoms with Crippen LogP contribution in [0.1, 0.15) is 19.3 Å². The number of benzene rings is 1. The SMILES string of the molecule is O=C(NCCCO)C1CCN(S(=O)(=O)c2ccccc2F)CC1. The molecule has 0 radical (unpaired) electrons. The maximum absolute atomic E-state index is 13.7. The van der Waals surface area contributed by atoms with Gasteiger partial charge < -0.3 is 10.4 Å². The number of nitrogens with one attached hydrogen (secondary N) is 1. The van der Waals surface area contributed by atoms with Gasteiger partial charge in [0.25, 0.3) is 0 Å². The minimum Gasteiger partial charge on any atom is -0.396 e. The van der Waals surface area contributed by atoms with Gasteiger partial charge in [-0.1, -0.05) is 12.1 Å². The second-order valence-corrected chi connectivity index (χ2v) is 7.38. The van der Waals surface area contributed by atoms with Crippen LogP contribution in [0.3, 0.4) is 0 Å². The average molecular weight is 344 g/mol. The molecule has 1 saturated heterocycles. The van der Waals surface area contributed by atoms with Crippen molar-refractivity contribution >= 4 is 15.9 Å². The van der Waals surface area contributed by atoms with Crippen LogP contribution < -0.4 is 5.32 Å². The first-order valence-corrected chi connectivity index (χ1v) is 9.04. The highest BCUT2D eigenvalue weighted by molar-refractivity contribution is 7.89. The third-order valence-corrected chi connectivity index (χ3v) is 5.85. The molecule has 2 N–H and O–H groups in total. The van der Waals surface area contributed by atoms with Crippen LogP contribution in [0.15, 0.2) is 29.2 Å². The third-order valence-electron chi connectivity index (χ3n) is 3.91. The predicted octanol–water partition coefficient (Wildman–Crippen LogP) is 0.725. The van der Waals surface area contributed by atoms with Crippen molar-refractivity contribution in [1.29, 1.82) is 0 Å². The lowest BCUT2D eigenvalue weighted by atomic mass is 9.97. The van der Waals surface area contributed by atoms with E-state index < -0.39 is 15.8 Å². The Balaban J connectivity index is 1.96. The third kappa shape index (κ3) is 4.27. The molecule has 2 rings (SSSR count). The van der Waals surface area contributed by atoms with Crippen LogP contribution in [-0.2, 0) is 14.8 Å². The topological polar surface area (TPSA) is 86.7 Å². The van der Waals surface area contributed by atoms with Gasteiger partial charge in [-0.15, -0.1) is 0 Å². The van der Waals surface area contributed by atoms with E-state index in [1.807, 2.05) is 0 Å². The van der Waals surface area contributed by atoms with Crippen molar-refractivity contribution in [3.05, 3.63) is 30.1 Å². The number of nitrogens with zero attached hydrogens (tertiary/aromatic N) is 1. The summed E-state index contributed by atoms with van der Waals surface area (Å²) < 4.78 is 39.9. The molecule has 0 unspecified atom stereocenters. The molecule has 0 saturated carbocycles. The molecule has 6 nitrogen and oxygen atoms in total. The van der Waals surface area contributed by atoms with E-state index >= 15 is 0 Å². The Bertz CT molecular complexity index is 643. The molecule has 0 bridgehead atoms. The van der Waals surface area contributed by atoms with Crippen molar-refractivity contribution in [2.24, 2.45) is 5.92 Å². The first-order chi connectivity index (χ1) is 11.0. The van der Waals surface area contributed by atoms with Crippen molar-refractivity contribution in [2.45, 2.75) is 24.2 Å². The van der Waals surface area contributed by atoms with Crippen LogP contribution in [0.4, 0.5) is 4.39 Å². The molecule has 8 heteroatoms. The van der Waals surface area contributed by atoms with Gasteiger partial charge >= 0.3 is 0 Å². The number of aliphatic hydroxyl groups excluding tert-OH is 1. The van der Waals surface area contributed by atoms with E-state index in [2.05, 4.69) is 5.32 Å². The van der Waals surface area contributed by atoms with E-state index in [0.29, 0.717) is 25.8 Å². The Hall–Kier alpha value is -1.51. The van der Waals surface area contributed by atoms with E-state index in [1.54, 1.807) is 0 Å². The van der Waals surface area contributed by atoms with E-state index in [-0.39, 0.29) is 36.4 Å². The highest BCUT2D eigenvalue weighted by Crippen LogP contribution is 2.25. The number of amides is 1. The van der Waals surface area contributed by atoms with Gasteiger partial charge in [0, 0.05) is 32.2 Å². The number of carbonyl (C=O) groups is 1. The minimum atomic E-state index is -3.87. The quantitative estimate of drug-likeness (QED) is 0.745. The summed E-state index contributed by atoms with van der Waals surface area (Å²) in [5, 5.41) is 11.4. The summed E-state index contributed by atoms with van der Waals surface area (Å²) in [6.07, 6.45) is 1.30. The van der Waals surface area contributed by atoms with Crippen molar-refractivity contribution in [3.8, 4) is 0 Å². The van der Waals surface area contributed by atoms with Gasteiger partial charge in [-0.05, 0) is 31.4 Å². The van der Waals surface area contributed by atoms with Crippen molar-refractivity contribution in [1.82, 2.24) is 9.62 Å². The highest BCUT2D eigenvalue weighted by Gasteiger charge is 2.33. The molecule has 1 heterocycles. The smallest absolute Gasteiger partial charge is 0.245 e. The Morgan fingerprint density at radius 1 is 1.30 bits per heavy atom. The van der Waals surface area contributed by atoms with Gasteiger partial charge in [0.2, 0.25) is 15.9 Å². The minimum absolute atomic E-state index is 0.0135. The largest absolute Gasteiger partial charge is 0.396 e. The summed E-state index contributed by atoms with van der Waals surface area (Å²) in [6.45, 7) is 0.798. The molecule has 1 aliphatic heterocycles. The Kier molecular flexibility index (Phi) is 6.09. The van der Waals surface area contributed by atoms with Gasteiger partial charge in [-0.25, -0.2) is 12.8 Å². The van der Waals surface area contributed by atoms with Crippen LogP contribution >= 0.6 is 0 Å². The summed E-state index contributed by atoms with van der Waals surface area (Å²) in [7, 11) is -3.87. The zero-order valence-electron chi connectivity index (χ0n) is 12.7. The first kappa shape index (κ1) is 17.8. The number of aliphatic hydroxyl groups is 1. The second kappa shape index (κ2) is 7.85. The Morgan fingerprint density at radius 2 is 1.96 bits per heavy atom. The maximum Gasteiger partial charge on any atom is 0.245 e. The molecular weight excluding hydrogens is 323 g/mol. The summed E-state index contributed by atoms with van der Waals surface area (Å²) >= 11 is 0. The van der Waals surface area contributed by atoms with Gasteiger partial charge in [-0.2, -0.15) is 4.31 Å². The molecule has 1 aliphatic rings. The van der Waals surface area contributed by atoms with Crippen molar-refractivity contribution in [3.63, 3.8) is 0 Å². The highest BCUT2D eigenvalue weighted by atomic mass is 32.2. The molecule has 23 heavy (non-hydrogen) atoms. The normalized spacial score (nSPS) is 17.1. The second-order valence-electron chi connectivity index (χ2n) is 5.48. The molecule has 0 atom stereocenters. The molecule has 0 aromatic heterocycles. The number of sulfonamides is 1. The van der Waals surface area contributed by atoms with Crippen LogP contribution in [0.2, 0.25) is 0 Å². The number of hydrogen-bond donors (Lipinski definition) is 2. The van der Waals surface area contributed by atoms with E-state index in [4.69, 9.17) is 5.11 Å². The van der Waals surface area contributed by atoms with Crippen LogP contribution in [0.5, 0.6) is 0 Å². The molecule has 1 fully saturated rings. The summed E-state index contributed by atoms with van der Waals surface area (Å²) in [5.74, 6) is -1.14. The lowest BCUT2D eigenvalue weighted by Gasteiger charge is -2.30. The molecule has 0 spiro atoms. The van der Waals surface area contributed by atoms with Crippen LogP contribution in [-0.4, -0.2) is 50.0 Å². The van der Waals surface area contributed by atoms with Gasteiger partial charge in [-0.3, -0.25) is 4.79 Å². The van der Waals surface area contributed by atoms with Crippen LogP contribution in [0, 0.1) is 11.7 Å². The fraction of sp³-hybridized carbons (Fsp3) is 0.533. The van der Waals surface area contributed by atoms with E-state index in [0.717, 1.165) is 6.07 Å². The van der Waals surface area contributed by atoms with Gasteiger partial charge in [0.15, 0.2) is 0 Å². The summed E-state index contributed by atoms with van der Waals surface area (Å²) in [4.78, 5) is 11.6. The van der Waals surface area contributed by atoms with E-state index in [1.165, 1.54) is 22.5 Å². The van der Waals surface area contributed by atoms with Gasteiger partial charge in [0.05, 0.1) is 0 Å². The lowest BCUT2D eigenvalue weighted by molar-refractivity contribution is -0.126. The Labute approximate surface area is 135 Å². The molecular formula is C15H21FN2O4S. The molecule has 1 amide bonds. The van der Waals surface area contributed by atoms with Crippen molar-refractivity contribution in [2.75, 3.05) is 26.2 Å².